The van der Waals surface area contributed by atoms with E-state index >= 15 is 0 Å². The van der Waals surface area contributed by atoms with Crippen LogP contribution in [0.25, 0.3) is 0 Å². The fraction of sp³-hybridized carbons (Fsp3) is 0. The number of carbonyl (C=O) groups excluding carboxylic acids is 3. The molecular formula is C21H11BO3S. The smallest absolute Gasteiger partial charge is 0.224 e. The number of thioether (sulfide) groups is 1. The molecule has 0 unspecified atom stereocenters. The Kier molecular flexibility index (Phi) is 4.09. The summed E-state index contributed by atoms with van der Waals surface area (Å²) in [6.07, 6.45) is 0. The van der Waals surface area contributed by atoms with Crippen LogP contribution in [0.1, 0.15) is 42.2 Å². The lowest BCUT2D eigenvalue weighted by atomic mass is 9.83. The van der Waals surface area contributed by atoms with Crippen molar-refractivity contribution in [3.63, 3.8) is 0 Å². The maximum Gasteiger partial charge on any atom is 0.224 e. The fourth-order valence-corrected chi connectivity index (χ4v) is 3.66. The Labute approximate surface area is 155 Å². The highest BCUT2D eigenvalue weighted by Crippen LogP contribution is 2.30. The lowest BCUT2D eigenvalue weighted by molar-refractivity contribution is 0.0978. The molecule has 0 heterocycles. The zero-order valence-electron chi connectivity index (χ0n) is 13.6. The average Bonchev–Trinajstić information content (AvgIpc) is 2.67. The van der Waals surface area contributed by atoms with Crippen molar-refractivity contribution in [2.24, 2.45) is 0 Å². The van der Waals surface area contributed by atoms with Gasteiger partial charge in [-0.1, -0.05) is 41.9 Å². The summed E-state index contributed by atoms with van der Waals surface area (Å²) in [7, 11) is 5.65. The molecule has 0 atom stereocenters. The summed E-state index contributed by atoms with van der Waals surface area (Å²) in [5.74, 6) is -0.428. The number of rotatable bonds is 2. The SMILES string of the molecule is [B]c1ccc(SC(=O)c2ccc3c(c2)C(=O)c2ccccc2C3=O)cc1. The number of hydrogen-bond acceptors (Lipinski definition) is 4. The number of ketones is 2. The summed E-state index contributed by atoms with van der Waals surface area (Å²) in [4.78, 5) is 38.7. The average molecular weight is 354 g/mol. The molecule has 0 saturated heterocycles. The van der Waals surface area contributed by atoms with Crippen LogP contribution in [-0.4, -0.2) is 24.5 Å². The molecule has 0 saturated carbocycles. The minimum Gasteiger partial charge on any atom is -0.289 e. The first-order valence-electron chi connectivity index (χ1n) is 7.95. The zero-order valence-corrected chi connectivity index (χ0v) is 14.4. The standard InChI is InChI=1S/C21H11BO3S/c22-13-6-8-14(9-7-13)26-21(25)12-5-10-17-18(11-12)20(24)16-4-2-1-3-15(16)19(17)23/h1-11H. The lowest BCUT2D eigenvalue weighted by Gasteiger charge is -2.17. The highest BCUT2D eigenvalue weighted by Gasteiger charge is 2.29. The second kappa shape index (κ2) is 6.43. The zero-order chi connectivity index (χ0) is 18.3. The van der Waals surface area contributed by atoms with Crippen LogP contribution in [0.2, 0.25) is 0 Å². The van der Waals surface area contributed by atoms with Gasteiger partial charge in [-0.15, -0.1) is 0 Å². The van der Waals surface area contributed by atoms with Crippen LogP contribution in [0, 0.1) is 0 Å². The molecule has 0 amide bonds. The maximum atomic E-state index is 12.7. The second-order valence-corrected chi connectivity index (χ2v) is 6.97. The molecule has 3 nitrogen and oxygen atoms in total. The number of fused-ring (bicyclic) bond motifs is 2. The number of hydrogen-bond donors (Lipinski definition) is 0. The lowest BCUT2D eigenvalue weighted by Crippen LogP contribution is -2.21. The summed E-state index contributed by atoms with van der Waals surface area (Å²) in [6, 6.07) is 18.4. The Morgan fingerprint density at radius 3 is 1.96 bits per heavy atom. The third kappa shape index (κ3) is 2.80. The van der Waals surface area contributed by atoms with Crippen molar-refractivity contribution in [2.75, 3.05) is 0 Å². The molecule has 0 aliphatic heterocycles. The van der Waals surface area contributed by atoms with Gasteiger partial charge in [-0.25, -0.2) is 0 Å². The third-order valence-electron chi connectivity index (χ3n) is 4.25. The molecule has 26 heavy (non-hydrogen) atoms. The van der Waals surface area contributed by atoms with Crippen LogP contribution < -0.4 is 5.46 Å². The highest BCUT2D eigenvalue weighted by atomic mass is 32.2. The number of benzene rings is 3. The van der Waals surface area contributed by atoms with E-state index in [2.05, 4.69) is 0 Å². The molecule has 0 spiro atoms. The number of carbonyl (C=O) groups is 3. The van der Waals surface area contributed by atoms with Crippen molar-refractivity contribution < 1.29 is 14.4 Å². The first kappa shape index (κ1) is 16.5. The molecule has 0 N–H and O–H groups in total. The van der Waals surface area contributed by atoms with Gasteiger partial charge in [0.05, 0.1) is 0 Å². The first-order chi connectivity index (χ1) is 12.5. The minimum atomic E-state index is -0.234. The Hall–Kier alpha value is -2.92. The monoisotopic (exact) mass is 354 g/mol. The van der Waals surface area contributed by atoms with Gasteiger partial charge in [0, 0.05) is 32.7 Å². The van der Waals surface area contributed by atoms with Gasteiger partial charge in [0.25, 0.3) is 0 Å². The summed E-state index contributed by atoms with van der Waals surface area (Å²) >= 11 is 1.05. The summed E-state index contributed by atoms with van der Waals surface area (Å²) in [5.41, 5.74) is 2.39. The molecule has 0 aromatic heterocycles. The van der Waals surface area contributed by atoms with E-state index in [-0.39, 0.29) is 22.2 Å². The largest absolute Gasteiger partial charge is 0.289 e. The Morgan fingerprint density at radius 2 is 1.31 bits per heavy atom. The van der Waals surface area contributed by atoms with E-state index < -0.39 is 0 Å². The van der Waals surface area contributed by atoms with Gasteiger partial charge in [0.1, 0.15) is 7.85 Å². The molecule has 4 rings (SSSR count). The summed E-state index contributed by atoms with van der Waals surface area (Å²) < 4.78 is 0. The molecule has 3 aromatic rings. The van der Waals surface area contributed by atoms with Crippen molar-refractivity contribution in [3.05, 3.63) is 94.5 Å². The molecule has 5 heteroatoms. The molecule has 0 bridgehead atoms. The fourth-order valence-electron chi connectivity index (χ4n) is 2.93. The van der Waals surface area contributed by atoms with E-state index in [4.69, 9.17) is 7.85 Å². The van der Waals surface area contributed by atoms with Crippen molar-refractivity contribution in [1.29, 1.82) is 0 Å². The summed E-state index contributed by atoms with van der Waals surface area (Å²) in [5, 5.41) is -0.198. The highest BCUT2D eigenvalue weighted by molar-refractivity contribution is 8.14. The van der Waals surface area contributed by atoms with Crippen LogP contribution in [0.3, 0.4) is 0 Å². The molecule has 1 aliphatic rings. The van der Waals surface area contributed by atoms with Crippen LogP contribution in [-0.2, 0) is 0 Å². The normalized spacial score (nSPS) is 12.5. The second-order valence-electron chi connectivity index (χ2n) is 5.92. The van der Waals surface area contributed by atoms with E-state index in [9.17, 15) is 14.4 Å². The molecular weight excluding hydrogens is 343 g/mol. The first-order valence-corrected chi connectivity index (χ1v) is 8.76. The van der Waals surface area contributed by atoms with Gasteiger partial charge in [0.15, 0.2) is 11.6 Å². The van der Waals surface area contributed by atoms with Crippen molar-refractivity contribution in [1.82, 2.24) is 0 Å². The van der Waals surface area contributed by atoms with E-state index in [0.717, 1.165) is 16.7 Å². The topological polar surface area (TPSA) is 51.2 Å². The van der Waals surface area contributed by atoms with Gasteiger partial charge in [-0.2, -0.15) is 0 Å². The van der Waals surface area contributed by atoms with Gasteiger partial charge < -0.3 is 0 Å². The Balaban J connectivity index is 1.69. The van der Waals surface area contributed by atoms with Gasteiger partial charge in [-0.05, 0) is 42.1 Å². The molecule has 1 aliphatic carbocycles. The predicted molar refractivity (Wildman–Crippen MR) is 102 cm³/mol. The van der Waals surface area contributed by atoms with E-state index in [1.807, 2.05) is 0 Å². The Morgan fingerprint density at radius 1 is 0.731 bits per heavy atom. The minimum absolute atomic E-state index is 0.194. The molecule has 3 aromatic carbocycles. The van der Waals surface area contributed by atoms with Crippen molar-refractivity contribution >= 4 is 41.8 Å². The third-order valence-corrected chi connectivity index (χ3v) is 5.18. The Bertz CT molecular complexity index is 1070. The van der Waals surface area contributed by atoms with Crippen molar-refractivity contribution in [2.45, 2.75) is 4.90 Å². The predicted octanol–water partition coefficient (Wildman–Crippen LogP) is 3.19. The van der Waals surface area contributed by atoms with Crippen LogP contribution in [0.4, 0.5) is 0 Å². The van der Waals surface area contributed by atoms with Gasteiger partial charge >= 0.3 is 0 Å². The van der Waals surface area contributed by atoms with E-state index in [1.165, 1.54) is 6.07 Å². The van der Waals surface area contributed by atoms with Gasteiger partial charge in [-0.3, -0.25) is 14.4 Å². The van der Waals surface area contributed by atoms with E-state index in [1.54, 1.807) is 60.7 Å². The quantitative estimate of drug-likeness (QED) is 0.410. The van der Waals surface area contributed by atoms with Crippen LogP contribution >= 0.6 is 11.8 Å². The molecule has 122 valence electrons. The summed E-state index contributed by atoms with van der Waals surface area (Å²) in [6.45, 7) is 0. The maximum absolute atomic E-state index is 12.7. The van der Waals surface area contributed by atoms with Crippen LogP contribution in [0.5, 0.6) is 0 Å². The van der Waals surface area contributed by atoms with Crippen molar-refractivity contribution in [3.8, 4) is 0 Å². The van der Waals surface area contributed by atoms with E-state index in [0.29, 0.717) is 27.7 Å². The molecule has 2 radical (unpaired) electrons. The van der Waals surface area contributed by atoms with Gasteiger partial charge in [0.2, 0.25) is 5.12 Å². The molecule has 0 fully saturated rings. The van der Waals surface area contributed by atoms with Crippen LogP contribution in [0.15, 0.2) is 71.6 Å².